The van der Waals surface area contributed by atoms with Crippen molar-refractivity contribution in [1.29, 1.82) is 0 Å². The van der Waals surface area contributed by atoms with Crippen LogP contribution in [-0.2, 0) is 11.4 Å². The second kappa shape index (κ2) is 7.99. The molecule has 0 aliphatic rings. The van der Waals surface area contributed by atoms with Gasteiger partial charge in [-0.15, -0.1) is 0 Å². The van der Waals surface area contributed by atoms with Gasteiger partial charge in [0.25, 0.3) is 0 Å². The molecule has 0 aromatic heterocycles. The Kier molecular flexibility index (Phi) is 6.02. The smallest absolute Gasteiger partial charge is 0.228 e. The van der Waals surface area contributed by atoms with Crippen LogP contribution in [0.15, 0.2) is 48.5 Å². The summed E-state index contributed by atoms with van der Waals surface area (Å²) in [6, 6.07) is 14.6. The fourth-order valence-corrected chi connectivity index (χ4v) is 2.10. The Morgan fingerprint density at radius 1 is 1.17 bits per heavy atom. The Hall–Kier alpha value is -2.04. The predicted molar refractivity (Wildman–Crippen MR) is 93.7 cm³/mol. The van der Waals surface area contributed by atoms with E-state index in [1.54, 1.807) is 19.1 Å². The van der Waals surface area contributed by atoms with Crippen molar-refractivity contribution < 1.29 is 9.53 Å². The Bertz CT molecular complexity index is 656. The van der Waals surface area contributed by atoms with E-state index < -0.39 is 0 Å². The van der Waals surface area contributed by atoms with Crippen LogP contribution in [0, 0.1) is 5.92 Å². The molecule has 0 saturated carbocycles. The first-order chi connectivity index (χ1) is 11.0. The number of nitrogens with one attached hydrogen (secondary N) is 1. The summed E-state index contributed by atoms with van der Waals surface area (Å²) in [4.78, 5) is 11.9. The second-order valence-corrected chi connectivity index (χ2v) is 5.95. The maximum atomic E-state index is 11.9. The Morgan fingerprint density at radius 2 is 1.83 bits per heavy atom. The molecule has 4 nitrogen and oxygen atoms in total. The lowest BCUT2D eigenvalue weighted by atomic mass is 10.0. The lowest BCUT2D eigenvalue weighted by Gasteiger charge is -2.15. The van der Waals surface area contributed by atoms with Crippen molar-refractivity contribution in [2.24, 2.45) is 11.7 Å². The third-order valence-electron chi connectivity index (χ3n) is 3.68. The molecule has 0 radical (unpaired) electrons. The van der Waals surface area contributed by atoms with Gasteiger partial charge in [0, 0.05) is 22.3 Å². The molecule has 0 saturated heterocycles. The lowest BCUT2D eigenvalue weighted by Crippen LogP contribution is -2.34. The molecule has 2 unspecified atom stereocenters. The SMILES string of the molecule is CC(N)C(C)C(=O)Nc1ccc(OCc2ccccc2Cl)cc1. The predicted octanol–water partition coefficient (Wildman–Crippen LogP) is 3.84. The largest absolute Gasteiger partial charge is 0.489 e. The first-order valence-electron chi connectivity index (χ1n) is 7.50. The van der Waals surface area contributed by atoms with Gasteiger partial charge in [-0.05, 0) is 37.3 Å². The van der Waals surface area contributed by atoms with E-state index in [4.69, 9.17) is 22.1 Å². The van der Waals surface area contributed by atoms with Crippen LogP contribution >= 0.6 is 11.6 Å². The normalized spacial score (nSPS) is 13.2. The van der Waals surface area contributed by atoms with Crippen LogP contribution in [0.25, 0.3) is 0 Å². The zero-order valence-electron chi connectivity index (χ0n) is 13.3. The summed E-state index contributed by atoms with van der Waals surface area (Å²) in [6.45, 7) is 4.02. The van der Waals surface area contributed by atoms with Crippen molar-refractivity contribution in [3.8, 4) is 5.75 Å². The maximum Gasteiger partial charge on any atom is 0.228 e. The fourth-order valence-electron chi connectivity index (χ4n) is 1.91. The molecule has 0 aliphatic heterocycles. The highest BCUT2D eigenvalue weighted by Gasteiger charge is 2.16. The van der Waals surface area contributed by atoms with Crippen LogP contribution in [-0.4, -0.2) is 11.9 Å². The Balaban J connectivity index is 1.92. The number of halogens is 1. The van der Waals surface area contributed by atoms with Crippen molar-refractivity contribution in [2.45, 2.75) is 26.5 Å². The van der Waals surface area contributed by atoms with Crippen LogP contribution in [0.3, 0.4) is 0 Å². The second-order valence-electron chi connectivity index (χ2n) is 5.54. The van der Waals surface area contributed by atoms with E-state index in [9.17, 15) is 4.79 Å². The molecule has 2 aromatic rings. The number of amides is 1. The van der Waals surface area contributed by atoms with E-state index >= 15 is 0 Å². The monoisotopic (exact) mass is 332 g/mol. The zero-order chi connectivity index (χ0) is 16.8. The molecule has 0 aliphatic carbocycles. The van der Waals surface area contributed by atoms with Gasteiger partial charge in [-0.3, -0.25) is 4.79 Å². The number of carbonyl (C=O) groups is 1. The average molecular weight is 333 g/mol. The van der Waals surface area contributed by atoms with Crippen molar-refractivity contribution in [3.05, 3.63) is 59.1 Å². The molecule has 0 spiro atoms. The third kappa shape index (κ3) is 4.98. The molecule has 3 N–H and O–H groups in total. The molecule has 2 aromatic carbocycles. The van der Waals surface area contributed by atoms with Crippen LogP contribution in [0.4, 0.5) is 5.69 Å². The molecule has 0 heterocycles. The van der Waals surface area contributed by atoms with Gasteiger partial charge in [-0.1, -0.05) is 36.7 Å². The standard InChI is InChI=1S/C18H21ClN2O2/c1-12(13(2)20)18(22)21-15-7-9-16(10-8-15)23-11-14-5-3-4-6-17(14)19/h3-10,12-13H,11,20H2,1-2H3,(H,21,22). The summed E-state index contributed by atoms with van der Waals surface area (Å²) in [7, 11) is 0. The number of ether oxygens (including phenoxy) is 1. The summed E-state index contributed by atoms with van der Waals surface area (Å²) >= 11 is 6.09. The lowest BCUT2D eigenvalue weighted by molar-refractivity contribution is -0.119. The van der Waals surface area contributed by atoms with Crippen molar-refractivity contribution in [3.63, 3.8) is 0 Å². The number of rotatable bonds is 6. The quantitative estimate of drug-likeness (QED) is 0.844. The van der Waals surface area contributed by atoms with Gasteiger partial charge in [0.1, 0.15) is 12.4 Å². The van der Waals surface area contributed by atoms with E-state index in [0.29, 0.717) is 23.1 Å². The van der Waals surface area contributed by atoms with Gasteiger partial charge in [-0.2, -0.15) is 0 Å². The molecular formula is C18H21ClN2O2. The van der Waals surface area contributed by atoms with Crippen molar-refractivity contribution in [1.82, 2.24) is 0 Å². The molecule has 1 amide bonds. The molecular weight excluding hydrogens is 312 g/mol. The highest BCUT2D eigenvalue weighted by molar-refractivity contribution is 6.31. The van der Waals surface area contributed by atoms with Crippen LogP contribution < -0.4 is 15.8 Å². The molecule has 0 fully saturated rings. The van der Waals surface area contributed by atoms with E-state index in [1.807, 2.05) is 43.3 Å². The molecule has 2 rings (SSSR count). The van der Waals surface area contributed by atoms with Crippen LogP contribution in [0.5, 0.6) is 5.75 Å². The minimum absolute atomic E-state index is 0.0928. The first-order valence-corrected chi connectivity index (χ1v) is 7.88. The summed E-state index contributed by atoms with van der Waals surface area (Å²) in [5.41, 5.74) is 7.37. The zero-order valence-corrected chi connectivity index (χ0v) is 14.0. The molecule has 5 heteroatoms. The average Bonchev–Trinajstić information content (AvgIpc) is 2.54. The molecule has 122 valence electrons. The number of carbonyl (C=O) groups excluding carboxylic acids is 1. The van der Waals surface area contributed by atoms with E-state index in [1.165, 1.54) is 0 Å². The Morgan fingerprint density at radius 3 is 2.43 bits per heavy atom. The summed E-state index contributed by atoms with van der Waals surface area (Å²) < 4.78 is 5.70. The van der Waals surface area contributed by atoms with Crippen LogP contribution in [0.1, 0.15) is 19.4 Å². The highest BCUT2D eigenvalue weighted by Crippen LogP contribution is 2.20. The van der Waals surface area contributed by atoms with Gasteiger partial charge in [-0.25, -0.2) is 0 Å². The minimum atomic E-state index is -0.244. The molecule has 0 bridgehead atoms. The van der Waals surface area contributed by atoms with Crippen molar-refractivity contribution in [2.75, 3.05) is 5.32 Å². The fraction of sp³-hybridized carbons (Fsp3) is 0.278. The van der Waals surface area contributed by atoms with Crippen molar-refractivity contribution >= 4 is 23.2 Å². The molecule has 2 atom stereocenters. The maximum absolute atomic E-state index is 11.9. The summed E-state index contributed by atoms with van der Waals surface area (Å²) in [5, 5.41) is 3.52. The van der Waals surface area contributed by atoms with Crippen LogP contribution in [0.2, 0.25) is 5.02 Å². The summed E-state index contributed by atoms with van der Waals surface area (Å²) in [5.74, 6) is 0.374. The van der Waals surface area contributed by atoms with Gasteiger partial charge in [0.05, 0.1) is 5.92 Å². The van der Waals surface area contributed by atoms with Gasteiger partial charge in [0.15, 0.2) is 0 Å². The first kappa shape index (κ1) is 17.3. The van der Waals surface area contributed by atoms with Gasteiger partial charge < -0.3 is 15.8 Å². The minimum Gasteiger partial charge on any atom is -0.489 e. The Labute approximate surface area is 141 Å². The van der Waals surface area contributed by atoms with Gasteiger partial charge in [0.2, 0.25) is 5.91 Å². The van der Waals surface area contributed by atoms with Gasteiger partial charge >= 0.3 is 0 Å². The number of hydrogen-bond acceptors (Lipinski definition) is 3. The number of anilines is 1. The molecule has 23 heavy (non-hydrogen) atoms. The highest BCUT2D eigenvalue weighted by atomic mass is 35.5. The number of nitrogens with two attached hydrogens (primary N) is 1. The number of hydrogen-bond donors (Lipinski definition) is 2. The summed E-state index contributed by atoms with van der Waals surface area (Å²) in [6.07, 6.45) is 0. The van der Waals surface area contributed by atoms with E-state index in [-0.39, 0.29) is 17.9 Å². The number of benzene rings is 2. The third-order valence-corrected chi connectivity index (χ3v) is 4.04. The van der Waals surface area contributed by atoms with E-state index in [2.05, 4.69) is 5.32 Å². The topological polar surface area (TPSA) is 64.4 Å². The van der Waals surface area contributed by atoms with E-state index in [0.717, 1.165) is 5.56 Å².